The van der Waals surface area contributed by atoms with Gasteiger partial charge in [0.25, 0.3) is 0 Å². The van der Waals surface area contributed by atoms with Crippen LogP contribution in [0.3, 0.4) is 0 Å². The molecule has 0 spiro atoms. The molecule has 0 radical (unpaired) electrons. The van der Waals surface area contributed by atoms with E-state index in [4.69, 9.17) is 0 Å². The zero-order valence-corrected chi connectivity index (χ0v) is 11.0. The Labute approximate surface area is 102 Å². The Hall–Kier alpha value is -0.350. The topological polar surface area (TPSA) is 29.1 Å². The van der Waals surface area contributed by atoms with Gasteiger partial charge < -0.3 is 5.32 Å². The Balaban J connectivity index is 1.71. The number of hydrogen-bond donors (Lipinski definition) is 1. The van der Waals surface area contributed by atoms with Crippen molar-refractivity contribution in [3.63, 3.8) is 0 Å². The quantitative estimate of drug-likeness (QED) is 0.906. The molecule has 1 amide bonds. The van der Waals surface area contributed by atoms with E-state index in [0.717, 1.165) is 17.3 Å². The van der Waals surface area contributed by atoms with Crippen molar-refractivity contribution in [2.24, 2.45) is 5.92 Å². The number of amides is 1. The third-order valence-electron chi connectivity index (χ3n) is 2.68. The van der Waals surface area contributed by atoms with Gasteiger partial charge in [-0.05, 0) is 40.8 Å². The molecule has 82 valence electrons. The van der Waals surface area contributed by atoms with Crippen LogP contribution in [0.2, 0.25) is 0 Å². The molecule has 1 fully saturated rings. The van der Waals surface area contributed by atoms with Crippen LogP contribution in [0, 0.1) is 5.92 Å². The first-order chi connectivity index (χ1) is 7.15. The van der Waals surface area contributed by atoms with E-state index in [0.29, 0.717) is 18.4 Å². The SMILES string of the molecule is C[C@@H]1C[C@H]1NC(=O)CCc1cc(Br)cs1. The van der Waals surface area contributed by atoms with E-state index in [1.54, 1.807) is 11.3 Å². The summed E-state index contributed by atoms with van der Waals surface area (Å²) in [6.45, 7) is 2.17. The highest BCUT2D eigenvalue weighted by atomic mass is 79.9. The maximum atomic E-state index is 11.5. The molecule has 2 atom stereocenters. The van der Waals surface area contributed by atoms with Gasteiger partial charge in [-0.2, -0.15) is 0 Å². The number of rotatable bonds is 4. The summed E-state index contributed by atoms with van der Waals surface area (Å²) < 4.78 is 1.11. The Morgan fingerprint density at radius 1 is 1.73 bits per heavy atom. The van der Waals surface area contributed by atoms with Gasteiger partial charge >= 0.3 is 0 Å². The second kappa shape index (κ2) is 4.66. The molecule has 0 aliphatic heterocycles. The third kappa shape index (κ3) is 3.31. The average Bonchev–Trinajstić information content (AvgIpc) is 2.71. The maximum Gasteiger partial charge on any atom is 0.220 e. The molecular formula is C11H14BrNOS. The van der Waals surface area contributed by atoms with E-state index < -0.39 is 0 Å². The lowest BCUT2D eigenvalue weighted by molar-refractivity contribution is -0.121. The lowest BCUT2D eigenvalue weighted by Gasteiger charge is -2.02. The Kier molecular flexibility index (Phi) is 3.46. The van der Waals surface area contributed by atoms with Gasteiger partial charge in [0.2, 0.25) is 5.91 Å². The molecule has 1 aromatic heterocycles. The number of hydrogen-bond acceptors (Lipinski definition) is 2. The molecule has 1 aromatic rings. The summed E-state index contributed by atoms with van der Waals surface area (Å²) in [5, 5.41) is 5.09. The molecule has 1 N–H and O–H groups in total. The van der Waals surface area contributed by atoms with Gasteiger partial charge in [0.15, 0.2) is 0 Å². The Morgan fingerprint density at radius 3 is 3.00 bits per heavy atom. The minimum atomic E-state index is 0.189. The van der Waals surface area contributed by atoms with Crippen LogP contribution in [-0.4, -0.2) is 11.9 Å². The molecule has 1 aliphatic rings. The van der Waals surface area contributed by atoms with E-state index in [1.807, 2.05) is 0 Å². The van der Waals surface area contributed by atoms with Crippen molar-refractivity contribution in [1.82, 2.24) is 5.32 Å². The predicted molar refractivity (Wildman–Crippen MR) is 66.1 cm³/mol. The molecule has 2 nitrogen and oxygen atoms in total. The average molecular weight is 288 g/mol. The van der Waals surface area contributed by atoms with Crippen LogP contribution in [0.15, 0.2) is 15.9 Å². The molecular weight excluding hydrogens is 274 g/mol. The molecule has 0 bridgehead atoms. The predicted octanol–water partition coefficient (Wildman–Crippen LogP) is 2.97. The van der Waals surface area contributed by atoms with Crippen LogP contribution >= 0.6 is 27.3 Å². The van der Waals surface area contributed by atoms with Crippen LogP contribution in [-0.2, 0) is 11.2 Å². The van der Waals surface area contributed by atoms with Crippen molar-refractivity contribution in [1.29, 1.82) is 0 Å². The van der Waals surface area contributed by atoms with Gasteiger partial charge in [0, 0.05) is 27.2 Å². The molecule has 0 aromatic carbocycles. The Morgan fingerprint density at radius 2 is 2.47 bits per heavy atom. The van der Waals surface area contributed by atoms with Gasteiger partial charge in [-0.25, -0.2) is 0 Å². The number of halogens is 1. The van der Waals surface area contributed by atoms with Crippen molar-refractivity contribution >= 4 is 33.2 Å². The first-order valence-corrected chi connectivity index (χ1v) is 6.84. The summed E-state index contributed by atoms with van der Waals surface area (Å²) in [5.41, 5.74) is 0. The van der Waals surface area contributed by atoms with Crippen molar-refractivity contribution < 1.29 is 4.79 Å². The summed E-state index contributed by atoms with van der Waals surface area (Å²) in [6, 6.07) is 2.53. The van der Waals surface area contributed by atoms with Crippen molar-refractivity contribution in [2.75, 3.05) is 0 Å². The molecule has 1 heterocycles. The molecule has 0 unspecified atom stereocenters. The minimum absolute atomic E-state index is 0.189. The van der Waals surface area contributed by atoms with Gasteiger partial charge in [-0.15, -0.1) is 11.3 Å². The zero-order chi connectivity index (χ0) is 10.8. The minimum Gasteiger partial charge on any atom is -0.353 e. The third-order valence-corrected chi connectivity index (χ3v) is 4.43. The summed E-state index contributed by atoms with van der Waals surface area (Å²) in [4.78, 5) is 12.8. The fourth-order valence-electron chi connectivity index (χ4n) is 1.52. The smallest absolute Gasteiger partial charge is 0.220 e. The largest absolute Gasteiger partial charge is 0.353 e. The van der Waals surface area contributed by atoms with Gasteiger partial charge in [-0.1, -0.05) is 6.92 Å². The second-order valence-corrected chi connectivity index (χ2v) is 6.03. The summed E-state index contributed by atoms with van der Waals surface area (Å²) >= 11 is 5.11. The molecule has 4 heteroatoms. The summed E-state index contributed by atoms with van der Waals surface area (Å²) in [5.74, 6) is 0.874. The van der Waals surface area contributed by atoms with E-state index in [-0.39, 0.29) is 5.91 Å². The first kappa shape index (κ1) is 11.1. The van der Waals surface area contributed by atoms with E-state index in [2.05, 4.69) is 39.6 Å². The van der Waals surface area contributed by atoms with Crippen LogP contribution in [0.25, 0.3) is 0 Å². The Bertz CT molecular complexity index is 363. The van der Waals surface area contributed by atoms with Gasteiger partial charge in [0.05, 0.1) is 0 Å². The van der Waals surface area contributed by atoms with E-state index >= 15 is 0 Å². The molecule has 2 rings (SSSR count). The number of aryl methyl sites for hydroxylation is 1. The summed E-state index contributed by atoms with van der Waals surface area (Å²) in [6.07, 6.45) is 2.61. The van der Waals surface area contributed by atoms with Crippen LogP contribution in [0.4, 0.5) is 0 Å². The van der Waals surface area contributed by atoms with E-state index in [1.165, 1.54) is 4.88 Å². The number of carbonyl (C=O) groups excluding carboxylic acids is 1. The standard InChI is InChI=1S/C11H14BrNOS/c1-7-4-10(7)13-11(14)3-2-9-5-8(12)6-15-9/h5-7,10H,2-4H2,1H3,(H,13,14)/t7-,10-/m1/s1. The van der Waals surface area contributed by atoms with Gasteiger partial charge in [-0.3, -0.25) is 4.79 Å². The number of carbonyl (C=O) groups is 1. The second-order valence-electron chi connectivity index (χ2n) is 4.12. The highest BCUT2D eigenvalue weighted by molar-refractivity contribution is 9.10. The molecule has 1 saturated carbocycles. The molecule has 15 heavy (non-hydrogen) atoms. The fraction of sp³-hybridized carbons (Fsp3) is 0.545. The lowest BCUT2D eigenvalue weighted by atomic mass is 10.2. The fourth-order valence-corrected chi connectivity index (χ4v) is 2.98. The van der Waals surface area contributed by atoms with Crippen LogP contribution in [0.5, 0.6) is 0 Å². The van der Waals surface area contributed by atoms with Crippen molar-refractivity contribution in [2.45, 2.75) is 32.2 Å². The van der Waals surface area contributed by atoms with Crippen LogP contribution in [0.1, 0.15) is 24.6 Å². The highest BCUT2D eigenvalue weighted by Crippen LogP contribution is 2.29. The van der Waals surface area contributed by atoms with Gasteiger partial charge in [0.1, 0.15) is 0 Å². The molecule has 0 saturated heterocycles. The normalized spacial score (nSPS) is 23.9. The molecule has 1 aliphatic carbocycles. The monoisotopic (exact) mass is 287 g/mol. The highest BCUT2D eigenvalue weighted by Gasteiger charge is 2.33. The van der Waals surface area contributed by atoms with E-state index in [9.17, 15) is 4.79 Å². The van der Waals surface area contributed by atoms with Crippen molar-refractivity contribution in [3.8, 4) is 0 Å². The first-order valence-electron chi connectivity index (χ1n) is 5.17. The maximum absolute atomic E-state index is 11.5. The lowest BCUT2D eigenvalue weighted by Crippen LogP contribution is -2.26. The van der Waals surface area contributed by atoms with Crippen LogP contribution < -0.4 is 5.32 Å². The number of thiophene rings is 1. The van der Waals surface area contributed by atoms with Crippen molar-refractivity contribution in [3.05, 3.63) is 20.8 Å². The number of nitrogens with one attached hydrogen (secondary N) is 1. The summed E-state index contributed by atoms with van der Waals surface area (Å²) in [7, 11) is 0. The zero-order valence-electron chi connectivity index (χ0n) is 8.63.